The Morgan fingerprint density at radius 1 is 1.15 bits per heavy atom. The Hall–Kier alpha value is -2.50. The highest BCUT2D eigenvalue weighted by Crippen LogP contribution is 2.43. The summed E-state index contributed by atoms with van der Waals surface area (Å²) in [5.41, 5.74) is 2.10. The molecule has 0 unspecified atom stereocenters. The van der Waals surface area contributed by atoms with Crippen LogP contribution < -0.4 is 4.90 Å². The van der Waals surface area contributed by atoms with Crippen LogP contribution in [-0.4, -0.2) is 44.9 Å². The van der Waals surface area contributed by atoms with E-state index in [0.29, 0.717) is 5.69 Å². The summed E-state index contributed by atoms with van der Waals surface area (Å²) in [4.78, 5) is 26.0. The molecule has 1 amide bonds. The largest absolute Gasteiger partial charge is 0.361 e. The van der Waals surface area contributed by atoms with E-state index in [1.165, 1.54) is 12.1 Å². The summed E-state index contributed by atoms with van der Waals surface area (Å²) in [6.45, 7) is 6.99. The number of rotatable bonds is 2. The topological polar surface area (TPSA) is 49.3 Å². The fraction of sp³-hybridized carbons (Fsp3) is 0.476. The number of aromatic nitrogens is 2. The van der Waals surface area contributed by atoms with Gasteiger partial charge in [-0.25, -0.2) is 9.37 Å². The summed E-state index contributed by atoms with van der Waals surface area (Å²) in [7, 11) is 0. The Bertz CT molecular complexity index is 834. The van der Waals surface area contributed by atoms with E-state index in [0.717, 1.165) is 37.2 Å². The summed E-state index contributed by atoms with van der Waals surface area (Å²) < 4.78 is 13.4. The van der Waals surface area contributed by atoms with Crippen LogP contribution in [0, 0.1) is 12.7 Å². The lowest BCUT2D eigenvalue weighted by Crippen LogP contribution is -2.53. The second kappa shape index (κ2) is 6.59. The molecular formula is C21H25FN4O. The van der Waals surface area contributed by atoms with Crippen LogP contribution >= 0.6 is 0 Å². The Balaban J connectivity index is 1.64. The van der Waals surface area contributed by atoms with Gasteiger partial charge in [0.15, 0.2) is 0 Å². The van der Waals surface area contributed by atoms with Crippen LogP contribution in [0.15, 0.2) is 36.7 Å². The van der Waals surface area contributed by atoms with Crippen molar-refractivity contribution >= 4 is 11.6 Å². The fourth-order valence-corrected chi connectivity index (χ4v) is 4.69. The first kappa shape index (κ1) is 17.9. The third-order valence-electron chi connectivity index (χ3n) is 5.80. The van der Waals surface area contributed by atoms with E-state index in [9.17, 15) is 9.18 Å². The molecule has 1 aromatic carbocycles. The highest BCUT2D eigenvalue weighted by atomic mass is 19.1. The van der Waals surface area contributed by atoms with Gasteiger partial charge in [0.2, 0.25) is 0 Å². The number of hydrogen-bond acceptors (Lipinski definition) is 4. The van der Waals surface area contributed by atoms with Gasteiger partial charge in [0.25, 0.3) is 5.91 Å². The number of carbonyl (C=O) groups excluding carboxylic acids is 1. The number of anilines is 1. The number of amides is 1. The predicted octanol–water partition coefficient (Wildman–Crippen LogP) is 3.59. The molecule has 3 heterocycles. The number of hydrogen-bond donors (Lipinski definition) is 0. The maximum absolute atomic E-state index is 13.4. The number of piperidine rings is 1. The van der Waals surface area contributed by atoms with E-state index < -0.39 is 0 Å². The maximum atomic E-state index is 13.4. The minimum absolute atomic E-state index is 0.0473. The smallest absolute Gasteiger partial charge is 0.274 e. The highest BCUT2D eigenvalue weighted by Gasteiger charge is 2.50. The molecule has 0 aliphatic carbocycles. The van der Waals surface area contributed by atoms with Crippen LogP contribution in [0.3, 0.4) is 0 Å². The summed E-state index contributed by atoms with van der Waals surface area (Å²) >= 11 is 0. The molecule has 142 valence electrons. The molecule has 6 heteroatoms. The molecule has 2 aromatic rings. The normalized spacial score (nSPS) is 24.0. The molecule has 0 radical (unpaired) electrons. The molecule has 0 N–H and O–H groups in total. The number of likely N-dealkylation sites (tertiary alicyclic amines) is 1. The average molecular weight is 368 g/mol. The minimum atomic E-state index is -0.231. The van der Waals surface area contributed by atoms with E-state index in [4.69, 9.17) is 0 Å². The number of nitrogens with zero attached hydrogens (tertiary/aromatic N) is 4. The van der Waals surface area contributed by atoms with Crippen molar-refractivity contribution in [1.82, 2.24) is 14.9 Å². The van der Waals surface area contributed by atoms with Gasteiger partial charge in [0.05, 0.1) is 24.0 Å². The Morgan fingerprint density at radius 2 is 1.89 bits per heavy atom. The summed E-state index contributed by atoms with van der Waals surface area (Å²) in [5.74, 6) is -0.278. The lowest BCUT2D eigenvalue weighted by molar-refractivity contribution is 0.0598. The molecule has 2 fully saturated rings. The van der Waals surface area contributed by atoms with Crippen molar-refractivity contribution in [2.75, 3.05) is 11.4 Å². The van der Waals surface area contributed by atoms with Crippen molar-refractivity contribution < 1.29 is 9.18 Å². The van der Waals surface area contributed by atoms with Crippen LogP contribution in [-0.2, 0) is 0 Å². The molecule has 5 nitrogen and oxygen atoms in total. The van der Waals surface area contributed by atoms with Crippen molar-refractivity contribution in [1.29, 1.82) is 0 Å². The van der Waals surface area contributed by atoms with E-state index in [1.807, 2.05) is 24.0 Å². The number of halogens is 1. The first-order valence-corrected chi connectivity index (χ1v) is 9.51. The second-order valence-electron chi connectivity index (χ2n) is 8.18. The van der Waals surface area contributed by atoms with Crippen LogP contribution in [0.5, 0.6) is 0 Å². The number of carbonyl (C=O) groups is 1. The third kappa shape index (κ3) is 3.17. The predicted molar refractivity (Wildman–Crippen MR) is 102 cm³/mol. The van der Waals surface area contributed by atoms with E-state index in [-0.39, 0.29) is 29.3 Å². The van der Waals surface area contributed by atoms with E-state index >= 15 is 0 Å². The number of aryl methyl sites for hydroxylation is 1. The Labute approximate surface area is 159 Å². The van der Waals surface area contributed by atoms with Crippen LogP contribution in [0.4, 0.5) is 10.1 Å². The lowest BCUT2D eigenvalue weighted by atomic mass is 9.94. The van der Waals surface area contributed by atoms with Gasteiger partial charge in [-0.3, -0.25) is 9.78 Å². The summed E-state index contributed by atoms with van der Waals surface area (Å²) in [6.07, 6.45) is 6.05. The monoisotopic (exact) mass is 368 g/mol. The van der Waals surface area contributed by atoms with Gasteiger partial charge in [0.1, 0.15) is 11.5 Å². The van der Waals surface area contributed by atoms with E-state index in [1.54, 1.807) is 12.4 Å². The molecule has 2 saturated heterocycles. The molecule has 0 spiro atoms. The SMILES string of the molecule is Cc1cnc(C(=O)N2CCC[C@H]3[C@@H]2CC(C)(C)N3c2ccc(F)cc2)cn1. The fourth-order valence-electron chi connectivity index (χ4n) is 4.69. The second-order valence-corrected chi connectivity index (χ2v) is 8.18. The molecule has 1 aromatic heterocycles. The Kier molecular flexibility index (Phi) is 4.36. The Morgan fingerprint density at radius 3 is 2.56 bits per heavy atom. The molecule has 0 saturated carbocycles. The van der Waals surface area contributed by atoms with Crippen molar-refractivity contribution in [2.45, 2.75) is 57.7 Å². The van der Waals surface area contributed by atoms with Crippen LogP contribution in [0.1, 0.15) is 49.3 Å². The molecular weight excluding hydrogens is 343 g/mol. The van der Waals surface area contributed by atoms with Gasteiger partial charge in [-0.05, 0) is 64.3 Å². The van der Waals surface area contributed by atoms with Crippen LogP contribution in [0.2, 0.25) is 0 Å². The molecule has 0 bridgehead atoms. The summed E-state index contributed by atoms with van der Waals surface area (Å²) in [6, 6.07) is 7.03. The highest BCUT2D eigenvalue weighted by molar-refractivity contribution is 5.92. The van der Waals surface area contributed by atoms with Crippen molar-refractivity contribution in [3.05, 3.63) is 53.9 Å². The quantitative estimate of drug-likeness (QED) is 0.813. The average Bonchev–Trinajstić information content (AvgIpc) is 2.92. The van der Waals surface area contributed by atoms with Gasteiger partial charge >= 0.3 is 0 Å². The van der Waals surface area contributed by atoms with Crippen LogP contribution in [0.25, 0.3) is 0 Å². The lowest BCUT2D eigenvalue weighted by Gasteiger charge is -2.42. The van der Waals surface area contributed by atoms with E-state index in [2.05, 4.69) is 28.7 Å². The maximum Gasteiger partial charge on any atom is 0.274 e. The number of fused-ring (bicyclic) bond motifs is 1. The standard InChI is InChI=1S/C21H25FN4O/c1-14-12-24-17(13-23-14)20(27)25-10-4-5-18-19(25)11-21(2,3)26(18)16-8-6-15(22)7-9-16/h6-9,12-13,18-19H,4-5,10-11H2,1-3H3/t18-,19-/m0/s1. The number of benzene rings is 1. The molecule has 2 atom stereocenters. The molecule has 4 rings (SSSR count). The molecule has 2 aliphatic heterocycles. The van der Waals surface area contributed by atoms with Crippen molar-refractivity contribution in [3.63, 3.8) is 0 Å². The zero-order valence-corrected chi connectivity index (χ0v) is 16.0. The van der Waals surface area contributed by atoms with Gasteiger partial charge in [-0.2, -0.15) is 0 Å². The van der Waals surface area contributed by atoms with Gasteiger partial charge in [-0.1, -0.05) is 0 Å². The first-order valence-electron chi connectivity index (χ1n) is 9.51. The van der Waals surface area contributed by atoms with Crippen molar-refractivity contribution in [3.8, 4) is 0 Å². The molecule has 2 aliphatic rings. The summed E-state index contributed by atoms with van der Waals surface area (Å²) in [5, 5.41) is 0. The minimum Gasteiger partial charge on any atom is -0.361 e. The molecule has 27 heavy (non-hydrogen) atoms. The zero-order chi connectivity index (χ0) is 19.2. The van der Waals surface area contributed by atoms with Crippen molar-refractivity contribution in [2.24, 2.45) is 0 Å². The third-order valence-corrected chi connectivity index (χ3v) is 5.80. The van der Waals surface area contributed by atoms with Gasteiger partial charge < -0.3 is 9.80 Å². The van der Waals surface area contributed by atoms with Gasteiger partial charge in [0, 0.05) is 24.0 Å². The van der Waals surface area contributed by atoms with Gasteiger partial charge in [-0.15, -0.1) is 0 Å². The first-order chi connectivity index (χ1) is 12.9. The zero-order valence-electron chi connectivity index (χ0n) is 16.0.